The summed E-state index contributed by atoms with van der Waals surface area (Å²) in [7, 11) is 0. The quantitative estimate of drug-likeness (QED) is 0.0304. The number of carbonyl (C=O) groups is 7. The lowest BCUT2D eigenvalue weighted by molar-refractivity contribution is -0.141. The van der Waals surface area contributed by atoms with Gasteiger partial charge in [-0.05, 0) is 93.6 Å². The molecule has 1 heterocycles. The molecule has 0 aromatic heterocycles. The predicted octanol–water partition coefficient (Wildman–Crippen LogP) is 6.00. The Bertz CT molecular complexity index is 2130. The van der Waals surface area contributed by atoms with Crippen LogP contribution < -0.4 is 4.90 Å². The van der Waals surface area contributed by atoms with Crippen molar-refractivity contribution in [3.63, 3.8) is 0 Å². The number of rotatable bonds is 21. The molecule has 4 rings (SSSR count). The van der Waals surface area contributed by atoms with E-state index in [4.69, 9.17) is 19.0 Å². The van der Waals surface area contributed by atoms with E-state index in [0.717, 1.165) is 25.3 Å². The minimum Gasteiger partial charge on any atom is -0.462 e. The summed E-state index contributed by atoms with van der Waals surface area (Å²) >= 11 is 0. The van der Waals surface area contributed by atoms with Crippen LogP contribution in [0.5, 0.6) is 0 Å². The van der Waals surface area contributed by atoms with Gasteiger partial charge in [-0.25, -0.2) is 14.4 Å². The Morgan fingerprint density at radius 1 is 0.767 bits per heavy atom. The molecular formula is C45H48N4O11. The van der Waals surface area contributed by atoms with E-state index in [9.17, 15) is 33.6 Å². The van der Waals surface area contributed by atoms with Crippen LogP contribution in [0.2, 0.25) is 0 Å². The fourth-order valence-electron chi connectivity index (χ4n) is 6.10. The van der Waals surface area contributed by atoms with Gasteiger partial charge in [0.25, 0.3) is 0 Å². The van der Waals surface area contributed by atoms with Gasteiger partial charge in [-0.3, -0.25) is 29.1 Å². The average molecular weight is 821 g/mol. The molecule has 0 bridgehead atoms. The second-order valence-corrected chi connectivity index (χ2v) is 14.0. The van der Waals surface area contributed by atoms with Crippen molar-refractivity contribution in [1.82, 2.24) is 4.90 Å². The number of aliphatic imine (C=N–C) groups is 1. The monoisotopic (exact) mass is 820 g/mol. The van der Waals surface area contributed by atoms with Gasteiger partial charge in [0.1, 0.15) is 11.8 Å². The fourth-order valence-corrected chi connectivity index (χ4v) is 6.10. The summed E-state index contributed by atoms with van der Waals surface area (Å²) < 4.78 is 15.4. The molecule has 60 heavy (non-hydrogen) atoms. The first-order chi connectivity index (χ1) is 28.7. The Kier molecular flexibility index (Phi) is 16.8. The van der Waals surface area contributed by atoms with Gasteiger partial charge in [-0.1, -0.05) is 18.3 Å². The molecule has 1 aliphatic heterocycles. The van der Waals surface area contributed by atoms with Crippen LogP contribution in [0.1, 0.15) is 71.6 Å². The maximum atomic E-state index is 13.8. The number of carbonyl (C=O) groups excluding carboxylic acids is 7. The largest absolute Gasteiger partial charge is 0.462 e. The molecule has 3 aromatic carbocycles. The van der Waals surface area contributed by atoms with E-state index in [1.165, 1.54) is 6.92 Å². The molecule has 0 spiro atoms. The van der Waals surface area contributed by atoms with Crippen LogP contribution in [-0.4, -0.2) is 109 Å². The van der Waals surface area contributed by atoms with Gasteiger partial charge < -0.3 is 23.9 Å². The highest BCUT2D eigenvalue weighted by Crippen LogP contribution is 2.35. The van der Waals surface area contributed by atoms with Crippen molar-refractivity contribution >= 4 is 70.0 Å². The first-order valence-electron chi connectivity index (χ1n) is 19.1. The van der Waals surface area contributed by atoms with Gasteiger partial charge in [-0.2, -0.15) is 0 Å². The van der Waals surface area contributed by atoms with Crippen LogP contribution in [-0.2, 0) is 38.2 Å². The predicted molar refractivity (Wildman–Crippen MR) is 224 cm³/mol. The molecule has 15 nitrogen and oxygen atoms in total. The van der Waals surface area contributed by atoms with Crippen LogP contribution in [0, 0.1) is 0 Å². The normalized spacial score (nSPS) is 13.8. The fraction of sp³-hybridized carbons (Fsp3) is 0.311. The molecule has 0 amide bonds. The van der Waals surface area contributed by atoms with E-state index >= 15 is 0 Å². The summed E-state index contributed by atoms with van der Waals surface area (Å²) in [6.07, 6.45) is 3.02. The molecule has 314 valence electrons. The van der Waals surface area contributed by atoms with E-state index in [2.05, 4.69) is 28.2 Å². The zero-order valence-electron chi connectivity index (χ0n) is 34.1. The van der Waals surface area contributed by atoms with Crippen molar-refractivity contribution in [3.8, 4) is 0 Å². The van der Waals surface area contributed by atoms with Crippen molar-refractivity contribution in [3.05, 3.63) is 115 Å². The Labute approximate surface area is 348 Å². The molecule has 1 unspecified atom stereocenters. The highest BCUT2D eigenvalue weighted by atomic mass is 16.7. The molecular weight excluding hydrogens is 773 g/mol. The molecule has 0 aliphatic carbocycles. The number of morpholine rings is 1. The molecule has 1 aliphatic rings. The number of nitrogens with zero attached hydrogens (tertiary/aromatic N) is 4. The van der Waals surface area contributed by atoms with E-state index in [-0.39, 0.29) is 54.5 Å². The lowest BCUT2D eigenvalue weighted by Gasteiger charge is -2.39. The number of esters is 2. The Morgan fingerprint density at radius 2 is 1.27 bits per heavy atom. The lowest BCUT2D eigenvalue weighted by atomic mass is 9.90. The minimum absolute atomic E-state index is 0.0508. The number of benzene rings is 3. The van der Waals surface area contributed by atoms with Gasteiger partial charge in [0.15, 0.2) is 11.6 Å². The van der Waals surface area contributed by atoms with Gasteiger partial charge in [0, 0.05) is 78.8 Å². The number of Topliss-reactive ketones (excluding diaryl/α,β-unsaturated/α-hetero) is 4. The summed E-state index contributed by atoms with van der Waals surface area (Å²) in [5.74, 6) is -3.43. The van der Waals surface area contributed by atoms with Crippen molar-refractivity contribution < 1.29 is 52.6 Å². The molecule has 1 atom stereocenters. The summed E-state index contributed by atoms with van der Waals surface area (Å²) in [4.78, 5) is 99.9. The minimum atomic E-state index is -0.885. The van der Waals surface area contributed by atoms with Gasteiger partial charge in [0.05, 0.1) is 38.2 Å². The van der Waals surface area contributed by atoms with Crippen LogP contribution >= 0.6 is 0 Å². The number of oxime groups is 1. The van der Waals surface area contributed by atoms with Crippen molar-refractivity contribution in [2.24, 2.45) is 10.1 Å². The summed E-state index contributed by atoms with van der Waals surface area (Å²) in [5, 5.41) is 3.70. The van der Waals surface area contributed by atoms with Crippen molar-refractivity contribution in [2.45, 2.75) is 52.1 Å². The molecule has 1 fully saturated rings. The SMILES string of the molecule is C=CC(=O)OCC/C(=N\OC(C)=O)C(=O)c1ccc(N(c2ccc(C(=O)C=NC(CCOC(=O)C=C)C(C)=O)cc2)c2ccc(C(=O)C(C)(C)N3CCOCC3)cc2)cc1. The second-order valence-electron chi connectivity index (χ2n) is 14.0. The van der Waals surface area contributed by atoms with E-state index in [0.29, 0.717) is 48.9 Å². The van der Waals surface area contributed by atoms with Crippen molar-refractivity contribution in [1.29, 1.82) is 0 Å². The molecule has 15 heteroatoms. The van der Waals surface area contributed by atoms with Crippen LogP contribution in [0.3, 0.4) is 0 Å². The standard InChI is InChI=1S/C45H48N4O11/c1-7-41(53)58-25-21-38(30(3)50)46-29-40(52)32-9-15-35(16-10-32)49(37-19-13-34(14-20-37)44(56)45(5,6)48-23-27-57-28-24-48)36-17-11-33(12-18-36)43(55)39(47-60-31(4)51)22-26-59-42(54)8-2/h7-20,29,38H,1-2,21-28H2,3-6H3/b46-29?,47-39+. The van der Waals surface area contributed by atoms with Crippen LogP contribution in [0.15, 0.2) is 108 Å². The zero-order valence-corrected chi connectivity index (χ0v) is 34.1. The third-order valence-electron chi connectivity index (χ3n) is 9.48. The Hall–Kier alpha value is -6.71. The molecule has 1 saturated heterocycles. The molecule has 0 radical (unpaired) electrons. The lowest BCUT2D eigenvalue weighted by Crippen LogP contribution is -2.54. The number of ether oxygens (including phenoxy) is 3. The highest BCUT2D eigenvalue weighted by Gasteiger charge is 2.36. The first-order valence-corrected chi connectivity index (χ1v) is 19.1. The second kappa shape index (κ2) is 21.9. The maximum absolute atomic E-state index is 13.8. The third kappa shape index (κ3) is 12.6. The molecule has 3 aromatic rings. The zero-order chi connectivity index (χ0) is 43.8. The molecule has 0 N–H and O–H groups in total. The smallest absolute Gasteiger partial charge is 0.331 e. The topological polar surface area (TPSA) is 188 Å². The third-order valence-corrected chi connectivity index (χ3v) is 9.48. The van der Waals surface area contributed by atoms with Crippen molar-refractivity contribution in [2.75, 3.05) is 44.4 Å². The number of anilines is 3. The number of ketones is 4. The maximum Gasteiger partial charge on any atom is 0.331 e. The Balaban J connectivity index is 1.65. The van der Waals surface area contributed by atoms with Crippen LogP contribution in [0.4, 0.5) is 17.1 Å². The van der Waals surface area contributed by atoms with E-state index in [1.807, 2.05) is 18.7 Å². The van der Waals surface area contributed by atoms with Gasteiger partial charge in [-0.15, -0.1) is 0 Å². The average Bonchev–Trinajstić information content (AvgIpc) is 3.26. The van der Waals surface area contributed by atoms with Crippen LogP contribution in [0.25, 0.3) is 0 Å². The number of hydrogen-bond donors (Lipinski definition) is 0. The molecule has 0 saturated carbocycles. The van der Waals surface area contributed by atoms with E-state index in [1.54, 1.807) is 72.8 Å². The van der Waals surface area contributed by atoms with Gasteiger partial charge >= 0.3 is 17.9 Å². The highest BCUT2D eigenvalue weighted by molar-refractivity contribution is 6.46. The van der Waals surface area contributed by atoms with E-state index < -0.39 is 41.1 Å². The Morgan fingerprint density at radius 3 is 1.77 bits per heavy atom. The number of hydrogen-bond acceptors (Lipinski definition) is 15. The van der Waals surface area contributed by atoms with Gasteiger partial charge in [0.2, 0.25) is 11.6 Å². The summed E-state index contributed by atoms with van der Waals surface area (Å²) in [5.41, 5.74) is 1.94. The summed E-state index contributed by atoms with van der Waals surface area (Å²) in [6.45, 7) is 15.0. The summed E-state index contributed by atoms with van der Waals surface area (Å²) in [6, 6.07) is 19.3. The first kappa shape index (κ1) is 46.0.